The van der Waals surface area contributed by atoms with Crippen LogP contribution in [0.5, 0.6) is 0 Å². The highest BCUT2D eigenvalue weighted by molar-refractivity contribution is 8.01. The van der Waals surface area contributed by atoms with Crippen molar-refractivity contribution < 1.29 is 13.2 Å². The van der Waals surface area contributed by atoms with Gasteiger partial charge < -0.3 is 4.90 Å². The summed E-state index contributed by atoms with van der Waals surface area (Å²) in [4.78, 5) is 3.49. The summed E-state index contributed by atoms with van der Waals surface area (Å²) in [5, 5.41) is 9.42. The van der Waals surface area contributed by atoms with Crippen LogP contribution in [0, 0.1) is 5.92 Å². The number of halogens is 4. The maximum absolute atomic E-state index is 12.8. The van der Waals surface area contributed by atoms with Crippen molar-refractivity contribution in [2.45, 2.75) is 28.8 Å². The fraction of sp³-hybridized carbons (Fsp3) is 0.429. The molecule has 1 aliphatic heterocycles. The molecule has 3 nitrogen and oxygen atoms in total. The first kappa shape index (κ1) is 21.7. The van der Waals surface area contributed by atoms with E-state index in [0.717, 1.165) is 62.4 Å². The molecule has 0 bridgehead atoms. The van der Waals surface area contributed by atoms with Crippen molar-refractivity contribution in [1.82, 2.24) is 15.1 Å². The molecule has 2 aromatic heterocycles. The number of thioether (sulfide) groups is 1. The van der Waals surface area contributed by atoms with Gasteiger partial charge in [-0.1, -0.05) is 46.8 Å². The van der Waals surface area contributed by atoms with E-state index in [1.54, 1.807) is 35.2 Å². The normalized spacial score (nSPS) is 23.3. The molecular weight excluding hydrogens is 483 g/mol. The van der Waals surface area contributed by atoms with E-state index >= 15 is 0 Å². The number of fused-ring (bicyclic) bond motifs is 1. The van der Waals surface area contributed by atoms with Gasteiger partial charge in [-0.15, -0.1) is 21.5 Å². The zero-order valence-corrected chi connectivity index (χ0v) is 19.6. The smallest absolute Gasteiger partial charge is 0.302 e. The van der Waals surface area contributed by atoms with E-state index in [1.165, 1.54) is 23.5 Å². The van der Waals surface area contributed by atoms with Crippen LogP contribution in [0.3, 0.4) is 0 Å². The average Bonchev–Trinajstić information content (AvgIpc) is 3.14. The molecule has 0 N–H and O–H groups in total. The summed E-state index contributed by atoms with van der Waals surface area (Å²) in [5.41, 5.74) is 0.545. The summed E-state index contributed by atoms with van der Waals surface area (Å²) in [7, 11) is 0. The molecule has 3 aromatic rings. The highest BCUT2D eigenvalue weighted by atomic mass is 35.5. The Morgan fingerprint density at radius 3 is 2.65 bits per heavy atom. The summed E-state index contributed by atoms with van der Waals surface area (Å²) in [5.74, 6) is 1.54. The Bertz CT molecular complexity index is 1070. The van der Waals surface area contributed by atoms with E-state index in [1.807, 2.05) is 12.1 Å². The first-order chi connectivity index (χ1) is 14.8. The van der Waals surface area contributed by atoms with Crippen molar-refractivity contribution in [3.8, 4) is 9.88 Å². The van der Waals surface area contributed by atoms with Crippen molar-refractivity contribution in [3.63, 3.8) is 0 Å². The average molecular weight is 502 g/mol. The summed E-state index contributed by atoms with van der Waals surface area (Å²) in [6.07, 6.45) is -2.15. The fourth-order valence-electron chi connectivity index (χ4n) is 4.44. The van der Waals surface area contributed by atoms with Gasteiger partial charge in [0, 0.05) is 24.3 Å². The predicted molar refractivity (Wildman–Crippen MR) is 121 cm³/mol. The topological polar surface area (TPSA) is 29.0 Å². The third kappa shape index (κ3) is 4.53. The minimum absolute atomic E-state index is 0.0629. The lowest BCUT2D eigenvalue weighted by Gasteiger charge is -2.21. The van der Waals surface area contributed by atoms with Crippen LogP contribution in [0.2, 0.25) is 4.34 Å². The van der Waals surface area contributed by atoms with Gasteiger partial charge in [-0.25, -0.2) is 0 Å². The number of piperidine rings is 1. The Hall–Kier alpha value is -1.13. The van der Waals surface area contributed by atoms with Crippen LogP contribution in [0.25, 0.3) is 9.88 Å². The molecule has 2 atom stereocenters. The molecule has 1 aromatic carbocycles. The van der Waals surface area contributed by atoms with Gasteiger partial charge in [0.2, 0.25) is 0 Å². The number of hydrogen-bond acceptors (Lipinski definition) is 6. The van der Waals surface area contributed by atoms with Crippen molar-refractivity contribution in [3.05, 3.63) is 51.9 Å². The van der Waals surface area contributed by atoms with Crippen LogP contribution >= 0.6 is 46.0 Å². The third-order valence-electron chi connectivity index (χ3n) is 6.04. The van der Waals surface area contributed by atoms with Gasteiger partial charge in [-0.2, -0.15) is 13.2 Å². The number of aromatic nitrogens is 2. The van der Waals surface area contributed by atoms with Gasteiger partial charge in [-0.3, -0.25) is 0 Å². The van der Waals surface area contributed by atoms with Crippen molar-refractivity contribution >= 4 is 46.0 Å². The first-order valence-electron chi connectivity index (χ1n) is 9.96. The number of likely N-dealkylation sites (tertiary alicyclic amines) is 1. The van der Waals surface area contributed by atoms with Gasteiger partial charge in [0.25, 0.3) is 0 Å². The predicted octanol–water partition coefficient (Wildman–Crippen LogP) is 6.69. The number of alkyl halides is 3. The highest BCUT2D eigenvalue weighted by Crippen LogP contribution is 2.59. The standard InChI is InChI=1S/C21H19ClF3N3S3/c22-17-7-6-16(30-17)18-26-27-19(31-18)29-9-1-8-28-11-15-10-20(15,12-28)13-2-4-14(5-3-13)21(23,24)25/h2-7,15H,1,8-12H2/t15-,20+/m0/s1. The monoisotopic (exact) mass is 501 g/mol. The molecule has 5 rings (SSSR count). The van der Waals surface area contributed by atoms with Crippen LogP contribution in [0.4, 0.5) is 13.2 Å². The molecule has 164 valence electrons. The lowest BCUT2D eigenvalue weighted by Crippen LogP contribution is -2.28. The third-order valence-corrected chi connectivity index (χ3v) is 9.58. The molecule has 1 saturated carbocycles. The van der Waals surface area contributed by atoms with Gasteiger partial charge in [-0.05, 0) is 55.1 Å². The van der Waals surface area contributed by atoms with Crippen LogP contribution in [-0.2, 0) is 11.6 Å². The Morgan fingerprint density at radius 1 is 1.13 bits per heavy atom. The minimum Gasteiger partial charge on any atom is -0.302 e. The van der Waals surface area contributed by atoms with E-state index < -0.39 is 11.7 Å². The molecular formula is C21H19ClF3N3S3. The Labute approximate surface area is 195 Å². The molecule has 1 aliphatic carbocycles. The van der Waals surface area contributed by atoms with Crippen molar-refractivity contribution in [2.24, 2.45) is 5.92 Å². The molecule has 10 heteroatoms. The summed E-state index contributed by atoms with van der Waals surface area (Å²) >= 11 is 10.8. The Balaban J connectivity index is 1.10. The molecule has 0 amide bonds. The van der Waals surface area contributed by atoms with E-state index in [4.69, 9.17) is 11.6 Å². The number of rotatable bonds is 7. The molecule has 2 fully saturated rings. The fourth-order valence-corrected chi connectivity index (χ4v) is 7.38. The first-order valence-corrected chi connectivity index (χ1v) is 13.0. The zero-order valence-electron chi connectivity index (χ0n) is 16.4. The quantitative estimate of drug-likeness (QED) is 0.266. The van der Waals surface area contributed by atoms with Gasteiger partial charge >= 0.3 is 6.18 Å². The molecule has 0 radical (unpaired) electrons. The second kappa shape index (κ2) is 8.33. The molecule has 3 heterocycles. The molecule has 0 unspecified atom stereocenters. The lowest BCUT2D eigenvalue weighted by molar-refractivity contribution is -0.137. The van der Waals surface area contributed by atoms with Crippen molar-refractivity contribution in [1.29, 1.82) is 0 Å². The molecule has 2 aliphatic rings. The molecule has 31 heavy (non-hydrogen) atoms. The second-order valence-electron chi connectivity index (χ2n) is 8.05. The van der Waals surface area contributed by atoms with Crippen LogP contribution < -0.4 is 0 Å². The van der Waals surface area contributed by atoms with Crippen molar-refractivity contribution in [2.75, 3.05) is 25.4 Å². The van der Waals surface area contributed by atoms with E-state index in [2.05, 4.69) is 15.1 Å². The van der Waals surface area contributed by atoms with Gasteiger partial charge in [0.1, 0.15) is 0 Å². The maximum Gasteiger partial charge on any atom is 0.416 e. The molecule has 0 spiro atoms. The van der Waals surface area contributed by atoms with E-state index in [-0.39, 0.29) is 5.41 Å². The lowest BCUT2D eigenvalue weighted by atomic mass is 9.94. The highest BCUT2D eigenvalue weighted by Gasteiger charge is 2.60. The number of benzene rings is 1. The SMILES string of the molecule is FC(F)(F)c1ccc([C@]23C[C@H]2CN(CCCSc2nnc(-c4ccc(Cl)s4)s2)C3)cc1. The largest absolute Gasteiger partial charge is 0.416 e. The maximum atomic E-state index is 12.8. The molecule has 1 saturated heterocycles. The van der Waals surface area contributed by atoms with Crippen LogP contribution in [-0.4, -0.2) is 40.5 Å². The van der Waals surface area contributed by atoms with Crippen LogP contribution in [0.15, 0.2) is 40.7 Å². The minimum atomic E-state index is -4.27. The summed E-state index contributed by atoms with van der Waals surface area (Å²) < 4.78 is 40.2. The van der Waals surface area contributed by atoms with Crippen LogP contribution in [0.1, 0.15) is 24.0 Å². The number of nitrogens with zero attached hydrogens (tertiary/aromatic N) is 3. The van der Waals surface area contributed by atoms with E-state index in [9.17, 15) is 13.2 Å². The Kier molecular flexibility index (Phi) is 5.83. The van der Waals surface area contributed by atoms with Gasteiger partial charge in [0.15, 0.2) is 9.35 Å². The second-order valence-corrected chi connectivity index (χ2v) is 12.1. The summed E-state index contributed by atoms with van der Waals surface area (Å²) in [6.45, 7) is 2.97. The van der Waals surface area contributed by atoms with E-state index in [0.29, 0.717) is 5.92 Å². The van der Waals surface area contributed by atoms with Gasteiger partial charge in [0.05, 0.1) is 14.8 Å². The number of hydrogen-bond donors (Lipinski definition) is 0. The Morgan fingerprint density at radius 2 is 1.94 bits per heavy atom. The number of thiophene rings is 1. The zero-order chi connectivity index (χ0) is 21.6. The summed E-state index contributed by atoms with van der Waals surface area (Å²) in [6, 6.07) is 9.63.